The van der Waals surface area contributed by atoms with Crippen molar-refractivity contribution in [3.63, 3.8) is 0 Å². The van der Waals surface area contributed by atoms with Crippen LogP contribution in [0.5, 0.6) is 0 Å². The molecule has 0 saturated carbocycles. The second-order valence-electron chi connectivity index (χ2n) is 5.40. The van der Waals surface area contributed by atoms with Crippen molar-refractivity contribution in [2.24, 2.45) is 0 Å². The van der Waals surface area contributed by atoms with Crippen LogP contribution in [0.25, 0.3) is 22.2 Å². The zero-order chi connectivity index (χ0) is 16.6. The average Bonchev–Trinajstić information content (AvgIpc) is 2.87. The van der Waals surface area contributed by atoms with E-state index in [9.17, 15) is 15.4 Å². The Morgan fingerprint density at radius 3 is 2.48 bits per heavy atom. The molecule has 5 nitrogen and oxygen atoms in total. The van der Waals surface area contributed by atoms with Gasteiger partial charge in [-0.25, -0.2) is 0 Å². The highest BCUT2D eigenvalue weighted by Gasteiger charge is 2.18. The topological polar surface area (TPSA) is 71.9 Å². The van der Waals surface area contributed by atoms with Crippen LogP contribution < -0.4 is 0 Å². The molecule has 2 aromatic carbocycles. The summed E-state index contributed by atoms with van der Waals surface area (Å²) in [6, 6.07) is 14.7. The Morgan fingerprint density at radius 2 is 1.91 bits per heavy atom. The molecule has 0 saturated heterocycles. The highest BCUT2D eigenvalue weighted by atomic mass is 16.6. The van der Waals surface area contributed by atoms with Crippen molar-refractivity contribution in [1.29, 1.82) is 5.26 Å². The molecule has 5 heteroatoms. The number of nitro benzene ring substituents is 1. The van der Waals surface area contributed by atoms with Crippen LogP contribution in [0, 0.1) is 28.4 Å². The molecule has 0 amide bonds. The van der Waals surface area contributed by atoms with E-state index in [1.165, 1.54) is 12.1 Å². The smallest absolute Gasteiger partial charge is 0.269 e. The van der Waals surface area contributed by atoms with E-state index in [1.54, 1.807) is 12.1 Å². The van der Waals surface area contributed by atoms with E-state index in [1.807, 2.05) is 26.0 Å². The molecular weight excluding hydrogens is 290 g/mol. The summed E-state index contributed by atoms with van der Waals surface area (Å²) in [4.78, 5) is 10.4. The first-order valence-electron chi connectivity index (χ1n) is 7.34. The summed E-state index contributed by atoms with van der Waals surface area (Å²) in [5.74, 6) is 0. The van der Waals surface area contributed by atoms with Gasteiger partial charge in [0.15, 0.2) is 0 Å². The zero-order valence-corrected chi connectivity index (χ0v) is 12.9. The van der Waals surface area contributed by atoms with E-state index in [0.29, 0.717) is 12.1 Å². The van der Waals surface area contributed by atoms with Gasteiger partial charge >= 0.3 is 0 Å². The summed E-state index contributed by atoms with van der Waals surface area (Å²) in [6.07, 6.45) is 0. The van der Waals surface area contributed by atoms with Crippen LogP contribution >= 0.6 is 0 Å². The normalized spacial score (nSPS) is 10.7. The quantitative estimate of drug-likeness (QED) is 0.531. The van der Waals surface area contributed by atoms with Crippen LogP contribution in [-0.2, 0) is 6.54 Å². The molecule has 0 N–H and O–H groups in total. The van der Waals surface area contributed by atoms with Gasteiger partial charge < -0.3 is 4.57 Å². The average molecular weight is 305 g/mol. The maximum absolute atomic E-state index is 10.8. The number of fused-ring (bicyclic) bond motifs is 1. The minimum atomic E-state index is -0.423. The van der Waals surface area contributed by atoms with Crippen molar-refractivity contribution in [3.05, 3.63) is 63.7 Å². The van der Waals surface area contributed by atoms with Gasteiger partial charge in [0.25, 0.3) is 5.69 Å². The molecule has 0 bridgehead atoms. The minimum Gasteiger partial charge on any atom is -0.340 e. The summed E-state index contributed by atoms with van der Waals surface area (Å²) < 4.78 is 2.09. The largest absolute Gasteiger partial charge is 0.340 e. The summed E-state index contributed by atoms with van der Waals surface area (Å²) in [6.45, 7) is 4.76. The number of nitro groups is 1. The van der Waals surface area contributed by atoms with Crippen molar-refractivity contribution >= 4 is 16.6 Å². The number of aryl methyl sites for hydroxylation is 2. The molecule has 3 aromatic rings. The molecule has 0 fully saturated rings. The molecule has 0 atom stereocenters. The van der Waals surface area contributed by atoms with E-state index in [4.69, 9.17) is 0 Å². The van der Waals surface area contributed by atoms with Gasteiger partial charge in [-0.15, -0.1) is 0 Å². The zero-order valence-electron chi connectivity index (χ0n) is 12.9. The van der Waals surface area contributed by atoms with Gasteiger partial charge in [0.05, 0.1) is 21.7 Å². The number of hydrogen-bond acceptors (Lipinski definition) is 3. The lowest BCUT2D eigenvalue weighted by Gasteiger charge is -2.08. The van der Waals surface area contributed by atoms with E-state index in [-0.39, 0.29) is 5.69 Å². The van der Waals surface area contributed by atoms with Crippen molar-refractivity contribution < 1.29 is 4.92 Å². The van der Waals surface area contributed by atoms with Crippen LogP contribution in [0.3, 0.4) is 0 Å². The first-order valence-corrected chi connectivity index (χ1v) is 7.34. The third-order valence-electron chi connectivity index (χ3n) is 4.00. The summed E-state index contributed by atoms with van der Waals surface area (Å²) >= 11 is 0. The number of aromatic nitrogens is 1. The summed E-state index contributed by atoms with van der Waals surface area (Å²) in [5, 5.41) is 21.4. The molecule has 0 aliphatic rings. The Morgan fingerprint density at radius 1 is 1.22 bits per heavy atom. The van der Waals surface area contributed by atoms with Gasteiger partial charge in [0, 0.05) is 29.6 Å². The van der Waals surface area contributed by atoms with Gasteiger partial charge in [0.1, 0.15) is 6.07 Å². The van der Waals surface area contributed by atoms with Crippen LogP contribution in [0.15, 0.2) is 42.5 Å². The number of rotatable bonds is 3. The lowest BCUT2D eigenvalue weighted by atomic mass is 10.1. The van der Waals surface area contributed by atoms with Crippen molar-refractivity contribution in [3.8, 4) is 17.3 Å². The number of hydrogen-bond donors (Lipinski definition) is 0. The Balaban J connectivity index is 2.32. The Hall–Kier alpha value is -3.13. The second kappa shape index (κ2) is 5.58. The molecule has 0 aliphatic heterocycles. The first kappa shape index (κ1) is 14.8. The third-order valence-corrected chi connectivity index (χ3v) is 4.00. The highest BCUT2D eigenvalue weighted by molar-refractivity contribution is 5.95. The van der Waals surface area contributed by atoms with Crippen molar-refractivity contribution in [2.75, 3.05) is 0 Å². The van der Waals surface area contributed by atoms with Crippen LogP contribution in [0.1, 0.15) is 18.1 Å². The van der Waals surface area contributed by atoms with Crippen LogP contribution in [0.4, 0.5) is 5.69 Å². The predicted molar refractivity (Wildman–Crippen MR) is 89.2 cm³/mol. The van der Waals surface area contributed by atoms with Crippen LogP contribution in [-0.4, -0.2) is 9.49 Å². The molecule has 114 valence electrons. The maximum Gasteiger partial charge on any atom is 0.269 e. The van der Waals surface area contributed by atoms with E-state index < -0.39 is 4.92 Å². The molecule has 1 aromatic heterocycles. The van der Waals surface area contributed by atoms with Crippen molar-refractivity contribution in [1.82, 2.24) is 4.57 Å². The fraction of sp³-hybridized carbons (Fsp3) is 0.167. The predicted octanol–water partition coefficient (Wildman–Crippen LogP) is 4.42. The molecule has 0 spiro atoms. The monoisotopic (exact) mass is 305 g/mol. The Labute approximate surface area is 133 Å². The second-order valence-corrected chi connectivity index (χ2v) is 5.40. The molecule has 1 heterocycles. The minimum absolute atomic E-state index is 0.0438. The fourth-order valence-electron chi connectivity index (χ4n) is 2.94. The molecular formula is C18H15N3O2. The fourth-order valence-corrected chi connectivity index (χ4v) is 2.94. The summed E-state index contributed by atoms with van der Waals surface area (Å²) in [5.41, 5.74) is 4.41. The lowest BCUT2D eigenvalue weighted by Crippen LogP contribution is -1.98. The maximum atomic E-state index is 10.8. The number of non-ortho nitro benzene ring substituents is 1. The molecule has 23 heavy (non-hydrogen) atoms. The molecule has 3 rings (SSSR count). The highest BCUT2D eigenvalue weighted by Crippen LogP contribution is 2.34. The summed E-state index contributed by atoms with van der Waals surface area (Å²) in [7, 11) is 0. The van der Waals surface area contributed by atoms with Gasteiger partial charge in [0.2, 0.25) is 0 Å². The van der Waals surface area contributed by atoms with Gasteiger partial charge in [-0.3, -0.25) is 10.1 Å². The number of benzene rings is 2. The van der Waals surface area contributed by atoms with Gasteiger partial charge in [-0.2, -0.15) is 5.26 Å². The molecule has 0 aliphatic carbocycles. The standard InChI is InChI=1S/C18H15N3O2/c1-3-20-17-10-12(2)4-9-15(17)16(11-19)18(20)13-5-7-14(8-6-13)21(22)23/h4-10H,3H2,1-2H3. The van der Waals surface area contributed by atoms with Gasteiger partial charge in [-0.05, 0) is 37.6 Å². The molecule has 0 unspecified atom stereocenters. The number of nitrogens with zero attached hydrogens (tertiary/aromatic N) is 3. The molecule has 0 radical (unpaired) electrons. The van der Waals surface area contributed by atoms with Crippen molar-refractivity contribution in [2.45, 2.75) is 20.4 Å². The number of nitriles is 1. The van der Waals surface area contributed by atoms with Gasteiger partial charge in [-0.1, -0.05) is 12.1 Å². The lowest BCUT2D eigenvalue weighted by molar-refractivity contribution is -0.384. The third kappa shape index (κ3) is 2.34. The van der Waals surface area contributed by atoms with E-state index in [0.717, 1.165) is 27.7 Å². The Bertz CT molecular complexity index is 947. The SMILES string of the molecule is CCn1c(-c2ccc([N+](=O)[O-])cc2)c(C#N)c2ccc(C)cc21. The Kier molecular flexibility index (Phi) is 3.59. The first-order chi connectivity index (χ1) is 11.1. The van der Waals surface area contributed by atoms with E-state index in [2.05, 4.69) is 16.7 Å². The van der Waals surface area contributed by atoms with E-state index >= 15 is 0 Å². The van der Waals surface area contributed by atoms with Crippen LogP contribution in [0.2, 0.25) is 0 Å².